The Hall–Kier alpha value is -3.49. The monoisotopic (exact) mass is 614 g/mol. The number of anilines is 1. The van der Waals surface area contributed by atoms with Gasteiger partial charge in [-0.25, -0.2) is 4.79 Å². The van der Waals surface area contributed by atoms with Crippen molar-refractivity contribution >= 4 is 17.7 Å². The van der Waals surface area contributed by atoms with Crippen molar-refractivity contribution < 1.29 is 58.6 Å². The van der Waals surface area contributed by atoms with Gasteiger partial charge in [0.25, 0.3) is 0 Å². The summed E-state index contributed by atoms with van der Waals surface area (Å²) in [6.45, 7) is 1.72. The summed E-state index contributed by atoms with van der Waals surface area (Å²) in [5.74, 6) is -0.840. The molecule has 2 aromatic rings. The number of ether oxygens (including phenoxy) is 2. The summed E-state index contributed by atoms with van der Waals surface area (Å²) in [4.78, 5) is 27.8. The van der Waals surface area contributed by atoms with Crippen LogP contribution in [0, 0.1) is 0 Å². The fraction of sp³-hybridized carbons (Fsp3) is 0.481. The number of fused-ring (bicyclic) bond motifs is 1. The Labute approximate surface area is 235 Å². The molecule has 6 nitrogen and oxygen atoms in total. The molecule has 0 saturated heterocycles. The summed E-state index contributed by atoms with van der Waals surface area (Å²) in [6.07, 6.45) is -15.9. The van der Waals surface area contributed by atoms with E-state index in [1.807, 2.05) is 0 Å². The van der Waals surface area contributed by atoms with Crippen LogP contribution in [0.25, 0.3) is 0 Å². The highest BCUT2D eigenvalue weighted by molar-refractivity contribution is 5.91. The van der Waals surface area contributed by atoms with E-state index in [2.05, 4.69) is 0 Å². The van der Waals surface area contributed by atoms with E-state index in [0.717, 1.165) is 22.8 Å². The number of alkyl halides is 9. The summed E-state index contributed by atoms with van der Waals surface area (Å²) in [5.41, 5.74) is -5.17. The fourth-order valence-electron chi connectivity index (χ4n) is 4.79. The van der Waals surface area contributed by atoms with Crippen LogP contribution in [0.5, 0.6) is 0 Å². The minimum absolute atomic E-state index is 0.00884. The fourth-order valence-corrected chi connectivity index (χ4v) is 4.79. The lowest BCUT2D eigenvalue weighted by molar-refractivity contribution is -0.143. The molecule has 0 spiro atoms. The molecular formula is C27H27F9N2O4. The Kier molecular flexibility index (Phi) is 9.74. The molecule has 1 heterocycles. The van der Waals surface area contributed by atoms with Crippen LogP contribution < -0.4 is 4.90 Å². The number of benzene rings is 2. The Morgan fingerprint density at radius 2 is 1.48 bits per heavy atom. The lowest BCUT2D eigenvalue weighted by Crippen LogP contribution is -2.50. The molecule has 0 fully saturated rings. The number of hydrogen-bond donors (Lipinski definition) is 0. The Morgan fingerprint density at radius 3 is 1.95 bits per heavy atom. The van der Waals surface area contributed by atoms with Crippen molar-refractivity contribution in [3.63, 3.8) is 0 Å². The van der Waals surface area contributed by atoms with Crippen LogP contribution in [0.4, 0.5) is 50.0 Å². The van der Waals surface area contributed by atoms with E-state index in [4.69, 9.17) is 9.47 Å². The van der Waals surface area contributed by atoms with Crippen LogP contribution in [0.3, 0.4) is 0 Å². The van der Waals surface area contributed by atoms with Gasteiger partial charge in [-0.1, -0.05) is 6.92 Å². The third kappa shape index (κ3) is 7.47. The third-order valence-electron chi connectivity index (χ3n) is 6.60. The number of amides is 2. The first-order valence-electron chi connectivity index (χ1n) is 12.6. The van der Waals surface area contributed by atoms with Gasteiger partial charge in [-0.2, -0.15) is 39.5 Å². The number of hydrogen-bond acceptors (Lipinski definition) is 4. The number of nitrogens with zero attached hydrogens (tertiary/aromatic N) is 2. The van der Waals surface area contributed by atoms with Gasteiger partial charge in [0.2, 0.25) is 5.91 Å². The molecule has 0 N–H and O–H groups in total. The maximum atomic E-state index is 13.7. The van der Waals surface area contributed by atoms with Gasteiger partial charge in [-0.05, 0) is 60.4 Å². The van der Waals surface area contributed by atoms with Crippen LogP contribution >= 0.6 is 0 Å². The van der Waals surface area contributed by atoms with E-state index >= 15 is 0 Å². The topological polar surface area (TPSA) is 59.1 Å². The van der Waals surface area contributed by atoms with Gasteiger partial charge in [-0.3, -0.25) is 9.69 Å². The van der Waals surface area contributed by atoms with Crippen molar-refractivity contribution in [2.24, 2.45) is 0 Å². The van der Waals surface area contributed by atoms with Gasteiger partial charge in [0.05, 0.1) is 47.7 Å². The first-order chi connectivity index (χ1) is 19.4. The third-order valence-corrected chi connectivity index (χ3v) is 6.60. The molecule has 2 atom stereocenters. The number of methoxy groups -OCH3 is 1. The zero-order chi connectivity index (χ0) is 31.6. The van der Waals surface area contributed by atoms with Crippen molar-refractivity contribution in [3.05, 3.63) is 64.2 Å². The Bertz CT molecular complexity index is 1260. The molecule has 0 aromatic heterocycles. The van der Waals surface area contributed by atoms with Crippen LogP contribution in [-0.2, 0) is 39.3 Å². The van der Waals surface area contributed by atoms with Crippen molar-refractivity contribution in [2.45, 2.75) is 63.8 Å². The van der Waals surface area contributed by atoms with Gasteiger partial charge >= 0.3 is 24.6 Å². The van der Waals surface area contributed by atoms with Crippen LogP contribution in [0.2, 0.25) is 0 Å². The molecule has 0 bridgehead atoms. The minimum Gasteiger partial charge on any atom is -0.449 e. The standard InChI is InChI=1S/C27H27F9N2O4/c1-4-7-42-24(40)38-20(14-41-3)12-23(21-11-17(25(28,29)30)5-6-22(21)38)37(15(2)39)13-16-8-18(26(31,32)33)10-19(9-16)27(34,35)36/h5-6,8-11,20,23H,4,7,12-14H2,1-3H3/t20-,23-/m1/s1. The van der Waals surface area contributed by atoms with E-state index in [1.54, 1.807) is 6.92 Å². The Morgan fingerprint density at radius 1 is 0.905 bits per heavy atom. The van der Waals surface area contributed by atoms with Gasteiger partial charge in [0, 0.05) is 20.6 Å². The molecule has 1 aliphatic rings. The number of rotatable bonds is 7. The van der Waals surface area contributed by atoms with E-state index in [1.165, 1.54) is 7.11 Å². The SMILES string of the molecule is CCCOC(=O)N1c2ccc(C(F)(F)F)cc2[C@H](N(Cc2cc(C(F)(F)F)cc(C(F)(F)F)c2)C(C)=O)C[C@@H]1COC. The highest BCUT2D eigenvalue weighted by atomic mass is 19.4. The van der Waals surface area contributed by atoms with Crippen molar-refractivity contribution in [3.8, 4) is 0 Å². The second kappa shape index (κ2) is 12.4. The summed E-state index contributed by atoms with van der Waals surface area (Å²) < 4.78 is 132. The molecule has 15 heteroatoms. The summed E-state index contributed by atoms with van der Waals surface area (Å²) in [5, 5.41) is 0. The molecule has 0 saturated carbocycles. The second-order valence-electron chi connectivity index (χ2n) is 9.68. The van der Waals surface area contributed by atoms with Gasteiger partial charge in [0.15, 0.2) is 0 Å². The lowest BCUT2D eigenvalue weighted by Gasteiger charge is -2.44. The highest BCUT2D eigenvalue weighted by Gasteiger charge is 2.43. The molecule has 2 amide bonds. The largest absolute Gasteiger partial charge is 0.449 e. The van der Waals surface area contributed by atoms with Gasteiger partial charge in [0.1, 0.15) is 0 Å². The van der Waals surface area contributed by atoms with E-state index in [9.17, 15) is 49.1 Å². The quantitative estimate of drug-likeness (QED) is 0.302. The van der Waals surface area contributed by atoms with Crippen LogP contribution in [0.1, 0.15) is 60.5 Å². The van der Waals surface area contributed by atoms with Crippen molar-refractivity contribution in [1.29, 1.82) is 0 Å². The first kappa shape index (κ1) is 33.0. The smallest absolute Gasteiger partial charge is 0.416 e. The molecular weight excluding hydrogens is 587 g/mol. The minimum atomic E-state index is -5.15. The lowest BCUT2D eigenvalue weighted by atomic mass is 9.88. The predicted octanol–water partition coefficient (Wildman–Crippen LogP) is 7.60. The van der Waals surface area contributed by atoms with E-state index in [-0.39, 0.29) is 37.0 Å². The van der Waals surface area contributed by atoms with E-state index in [0.29, 0.717) is 30.7 Å². The van der Waals surface area contributed by atoms with E-state index < -0.39 is 71.4 Å². The molecule has 3 rings (SSSR count). The highest BCUT2D eigenvalue weighted by Crippen LogP contribution is 2.45. The maximum Gasteiger partial charge on any atom is 0.416 e. The normalized spacial score (nSPS) is 17.6. The average Bonchev–Trinajstić information content (AvgIpc) is 2.88. The number of carbonyl (C=O) groups is 2. The zero-order valence-electron chi connectivity index (χ0n) is 22.6. The molecule has 1 aliphatic heterocycles. The first-order valence-corrected chi connectivity index (χ1v) is 12.6. The zero-order valence-corrected chi connectivity index (χ0v) is 22.6. The number of halogens is 9. The maximum absolute atomic E-state index is 13.7. The molecule has 0 unspecified atom stereocenters. The summed E-state index contributed by atoms with van der Waals surface area (Å²) in [6, 6.07) is 1.04. The molecule has 0 radical (unpaired) electrons. The number of carbonyl (C=O) groups excluding carboxylic acids is 2. The van der Waals surface area contributed by atoms with Crippen molar-refractivity contribution in [1.82, 2.24) is 4.90 Å². The predicted molar refractivity (Wildman–Crippen MR) is 131 cm³/mol. The van der Waals surface area contributed by atoms with Crippen molar-refractivity contribution in [2.75, 3.05) is 25.2 Å². The van der Waals surface area contributed by atoms with Crippen LogP contribution in [-0.4, -0.2) is 43.3 Å². The molecule has 42 heavy (non-hydrogen) atoms. The molecule has 2 aromatic carbocycles. The Balaban J connectivity index is 2.20. The molecule has 232 valence electrons. The molecule has 0 aliphatic carbocycles. The second-order valence-corrected chi connectivity index (χ2v) is 9.68. The summed E-state index contributed by atoms with van der Waals surface area (Å²) in [7, 11) is 1.29. The average molecular weight is 615 g/mol. The van der Waals surface area contributed by atoms with Gasteiger partial charge in [-0.15, -0.1) is 0 Å². The summed E-state index contributed by atoms with van der Waals surface area (Å²) >= 11 is 0. The van der Waals surface area contributed by atoms with Gasteiger partial charge < -0.3 is 14.4 Å². The van der Waals surface area contributed by atoms with Crippen LogP contribution in [0.15, 0.2) is 36.4 Å².